The first-order valence-corrected chi connectivity index (χ1v) is 14.0. The fourth-order valence-corrected chi connectivity index (χ4v) is 5.20. The lowest BCUT2D eigenvalue weighted by Gasteiger charge is -2.37. The highest BCUT2D eigenvalue weighted by molar-refractivity contribution is 5.94. The van der Waals surface area contributed by atoms with Gasteiger partial charge in [-0.25, -0.2) is 14.6 Å². The number of anilines is 2. The molecule has 2 aliphatic rings. The molecule has 2 fully saturated rings. The zero-order valence-corrected chi connectivity index (χ0v) is 24.6. The Kier molecular flexibility index (Phi) is 10.9. The Bertz CT molecular complexity index is 1180. The summed E-state index contributed by atoms with van der Waals surface area (Å²) in [5.74, 6) is -0.0955. The fraction of sp³-hybridized carbons (Fsp3) is 0.533. The van der Waals surface area contributed by atoms with Crippen LogP contribution in [0.3, 0.4) is 0 Å². The second kappa shape index (κ2) is 14.2. The van der Waals surface area contributed by atoms with E-state index in [-0.39, 0.29) is 12.6 Å². The van der Waals surface area contributed by atoms with Crippen LogP contribution in [0.2, 0.25) is 0 Å². The molecular weight excluding hydrogens is 528 g/mol. The van der Waals surface area contributed by atoms with Gasteiger partial charge in [0, 0.05) is 69.4 Å². The predicted octanol–water partition coefficient (Wildman–Crippen LogP) is 4.52. The smallest absolute Gasteiger partial charge is 0.410 e. The van der Waals surface area contributed by atoms with Crippen LogP contribution in [-0.4, -0.2) is 96.2 Å². The molecule has 224 valence electrons. The third-order valence-electron chi connectivity index (χ3n) is 7.23. The average molecular weight is 571 g/mol. The zero-order valence-electron chi connectivity index (χ0n) is 24.6. The molecule has 3 heterocycles. The van der Waals surface area contributed by atoms with Crippen molar-refractivity contribution in [3.05, 3.63) is 41.6 Å². The molecule has 0 spiro atoms. The van der Waals surface area contributed by atoms with Gasteiger partial charge in [-0.15, -0.1) is 0 Å². The monoisotopic (exact) mass is 570 g/mol. The molecule has 11 heteroatoms. The Morgan fingerprint density at radius 2 is 1.76 bits per heavy atom. The summed E-state index contributed by atoms with van der Waals surface area (Å²) in [6, 6.07) is 8.12. The van der Waals surface area contributed by atoms with Crippen molar-refractivity contribution < 1.29 is 34.1 Å². The van der Waals surface area contributed by atoms with Crippen molar-refractivity contribution in [3.63, 3.8) is 0 Å². The molecule has 2 aromatic rings. The minimum atomic E-state index is -0.930. The summed E-state index contributed by atoms with van der Waals surface area (Å²) in [5.41, 5.74) is 3.24. The lowest BCUT2D eigenvalue weighted by Crippen LogP contribution is -2.50. The number of ether oxygens (including phenoxy) is 2. The van der Waals surface area contributed by atoms with Crippen molar-refractivity contribution in [2.45, 2.75) is 59.1 Å². The second-order valence-corrected chi connectivity index (χ2v) is 11.1. The van der Waals surface area contributed by atoms with Crippen LogP contribution in [-0.2, 0) is 14.3 Å². The maximum Gasteiger partial charge on any atom is 0.410 e. The minimum absolute atomic E-state index is 0.250. The largest absolute Gasteiger partial charge is 0.483 e. The SMILES string of the molecule is CCN(c1cc(-c2ccc(N3CCN(C(=O)OC(C)(C)C)CC3)nc2)cc(C(=O)O)c1C)C1CCOCC1.O=CO. The van der Waals surface area contributed by atoms with E-state index in [0.29, 0.717) is 37.8 Å². The van der Waals surface area contributed by atoms with Crippen LogP contribution in [0.25, 0.3) is 11.1 Å². The Balaban J connectivity index is 0.00000147. The number of nitrogens with zero attached hydrogens (tertiary/aromatic N) is 4. The summed E-state index contributed by atoms with van der Waals surface area (Å²) < 4.78 is 11.0. The van der Waals surface area contributed by atoms with Crippen molar-refractivity contribution in [3.8, 4) is 11.1 Å². The number of benzene rings is 1. The first-order chi connectivity index (χ1) is 19.5. The molecule has 0 aliphatic carbocycles. The molecule has 0 unspecified atom stereocenters. The van der Waals surface area contributed by atoms with Gasteiger partial charge in [0.05, 0.1) is 5.56 Å². The first kappa shape index (κ1) is 31.7. The Morgan fingerprint density at radius 3 is 2.27 bits per heavy atom. The lowest BCUT2D eigenvalue weighted by molar-refractivity contribution is -0.122. The van der Waals surface area contributed by atoms with Gasteiger partial charge in [0.1, 0.15) is 11.4 Å². The summed E-state index contributed by atoms with van der Waals surface area (Å²) in [6.45, 7) is 14.1. The summed E-state index contributed by atoms with van der Waals surface area (Å²) >= 11 is 0. The van der Waals surface area contributed by atoms with E-state index in [4.69, 9.17) is 24.4 Å². The minimum Gasteiger partial charge on any atom is -0.483 e. The molecule has 2 aliphatic heterocycles. The number of hydrogen-bond donors (Lipinski definition) is 2. The average Bonchev–Trinajstić information content (AvgIpc) is 2.94. The van der Waals surface area contributed by atoms with Crippen molar-refractivity contribution >= 4 is 30.0 Å². The molecule has 1 aromatic carbocycles. The number of carbonyl (C=O) groups is 3. The highest BCUT2D eigenvalue weighted by Crippen LogP contribution is 2.34. The molecule has 1 amide bonds. The number of pyridine rings is 1. The maximum absolute atomic E-state index is 12.4. The van der Waals surface area contributed by atoms with Crippen molar-refractivity contribution in [1.82, 2.24) is 9.88 Å². The van der Waals surface area contributed by atoms with Crippen molar-refractivity contribution in [2.24, 2.45) is 0 Å². The number of piperazine rings is 1. The van der Waals surface area contributed by atoms with E-state index in [1.165, 1.54) is 0 Å². The number of carboxylic acid groups (broad SMARTS) is 2. The highest BCUT2D eigenvalue weighted by atomic mass is 16.6. The number of carboxylic acids is 1. The number of aromatic carboxylic acids is 1. The predicted molar refractivity (Wildman–Crippen MR) is 157 cm³/mol. The second-order valence-electron chi connectivity index (χ2n) is 11.1. The summed E-state index contributed by atoms with van der Waals surface area (Å²) in [7, 11) is 0. The van der Waals surface area contributed by atoms with Gasteiger partial charge in [-0.05, 0) is 82.9 Å². The quantitative estimate of drug-likeness (QED) is 0.478. The number of aromatic nitrogens is 1. The molecule has 0 bridgehead atoms. The molecule has 11 nitrogen and oxygen atoms in total. The van der Waals surface area contributed by atoms with E-state index in [2.05, 4.69) is 22.8 Å². The number of carbonyl (C=O) groups excluding carboxylic acids is 1. The molecule has 0 atom stereocenters. The Labute approximate surface area is 241 Å². The van der Waals surface area contributed by atoms with Gasteiger partial charge >= 0.3 is 12.1 Å². The Hall–Kier alpha value is -3.86. The van der Waals surface area contributed by atoms with Gasteiger partial charge in [0.15, 0.2) is 0 Å². The summed E-state index contributed by atoms with van der Waals surface area (Å²) in [6.07, 6.45) is 3.38. The van der Waals surface area contributed by atoms with Crippen molar-refractivity contribution in [2.75, 3.05) is 55.7 Å². The number of rotatable bonds is 6. The van der Waals surface area contributed by atoms with E-state index in [1.54, 1.807) is 17.2 Å². The van der Waals surface area contributed by atoms with Crippen LogP contribution in [0.1, 0.15) is 56.5 Å². The topological polar surface area (TPSA) is 133 Å². The van der Waals surface area contributed by atoms with Gasteiger partial charge in [-0.3, -0.25) is 4.79 Å². The normalized spacial score (nSPS) is 15.9. The van der Waals surface area contributed by atoms with Crippen molar-refractivity contribution in [1.29, 1.82) is 0 Å². The van der Waals surface area contributed by atoms with Crippen LogP contribution >= 0.6 is 0 Å². The van der Waals surface area contributed by atoms with Gasteiger partial charge in [-0.1, -0.05) is 0 Å². The third-order valence-corrected chi connectivity index (χ3v) is 7.23. The lowest BCUT2D eigenvalue weighted by atomic mass is 9.96. The molecular formula is C30H42N4O7. The number of hydrogen-bond acceptors (Lipinski definition) is 8. The molecule has 2 N–H and O–H groups in total. The van der Waals surface area contributed by atoms with Crippen LogP contribution in [0.4, 0.5) is 16.3 Å². The molecule has 4 rings (SSSR count). The summed E-state index contributed by atoms with van der Waals surface area (Å²) in [4.78, 5) is 43.8. The van der Waals surface area contributed by atoms with E-state index in [1.807, 2.05) is 39.8 Å². The fourth-order valence-electron chi connectivity index (χ4n) is 5.20. The van der Waals surface area contributed by atoms with E-state index in [9.17, 15) is 14.7 Å². The molecule has 41 heavy (non-hydrogen) atoms. The molecule has 1 aromatic heterocycles. The molecule has 0 radical (unpaired) electrons. The number of amides is 1. The van der Waals surface area contributed by atoms with Gasteiger partial charge in [-0.2, -0.15) is 0 Å². The standard InChI is InChI=1S/C29H40N4O5.CH2O2/c1-6-33(23-9-15-37-16-10-23)25-18-22(17-24(20(25)2)27(34)35)21-7-8-26(30-19-21)31-11-13-32(14-12-31)28(36)38-29(3,4)5;2-1-3/h7-8,17-19,23H,6,9-16H2,1-5H3,(H,34,35);1H,(H,2,3). The zero-order chi connectivity index (χ0) is 30.2. The van der Waals surface area contributed by atoms with Crippen LogP contribution in [0.5, 0.6) is 0 Å². The van der Waals surface area contributed by atoms with Crippen LogP contribution in [0, 0.1) is 6.92 Å². The van der Waals surface area contributed by atoms with Gasteiger partial charge < -0.3 is 34.4 Å². The first-order valence-electron chi connectivity index (χ1n) is 14.0. The van der Waals surface area contributed by atoms with E-state index >= 15 is 0 Å². The van der Waals surface area contributed by atoms with Crippen LogP contribution < -0.4 is 9.80 Å². The maximum atomic E-state index is 12.4. The van der Waals surface area contributed by atoms with Gasteiger partial charge in [0.25, 0.3) is 6.47 Å². The van der Waals surface area contributed by atoms with E-state index in [0.717, 1.165) is 60.8 Å². The van der Waals surface area contributed by atoms with E-state index < -0.39 is 11.6 Å². The van der Waals surface area contributed by atoms with Crippen LogP contribution in [0.15, 0.2) is 30.5 Å². The molecule has 0 saturated carbocycles. The highest BCUT2D eigenvalue weighted by Gasteiger charge is 2.27. The van der Waals surface area contributed by atoms with Gasteiger partial charge in [0.2, 0.25) is 0 Å². The summed E-state index contributed by atoms with van der Waals surface area (Å²) in [5, 5.41) is 16.9. The third kappa shape index (κ3) is 8.32. The Morgan fingerprint density at radius 1 is 1.12 bits per heavy atom. The molecule has 2 saturated heterocycles.